The third-order valence-corrected chi connectivity index (χ3v) is 9.64. The molecular weight excluding hydrogens is 546 g/mol. The minimum Gasteiger partial charge on any atom is -0.349 e. The van der Waals surface area contributed by atoms with Crippen molar-refractivity contribution < 1.29 is 13.6 Å². The Morgan fingerprint density at radius 3 is 2.74 bits per heavy atom. The number of unbranched alkanes of at least 4 members (excludes halogenated alkanes) is 1. The second-order valence-electron chi connectivity index (χ2n) is 12.8. The van der Waals surface area contributed by atoms with Gasteiger partial charge in [0.05, 0.1) is 17.8 Å². The minimum atomic E-state index is -2.63. The molecule has 1 saturated heterocycles. The monoisotopic (exact) mass is 596 g/mol. The van der Waals surface area contributed by atoms with Crippen LogP contribution in [0, 0.1) is 5.92 Å². The van der Waals surface area contributed by atoms with E-state index < -0.39 is 5.92 Å². The lowest BCUT2D eigenvalue weighted by atomic mass is 9.86. The summed E-state index contributed by atoms with van der Waals surface area (Å²) in [5, 5.41) is 7.02. The molecule has 0 bridgehead atoms. The molecule has 2 aromatic rings. The maximum Gasteiger partial charge on any atom is 0.248 e. The Bertz CT molecular complexity index is 1140. The van der Waals surface area contributed by atoms with E-state index in [1.807, 2.05) is 24.4 Å². The van der Waals surface area contributed by atoms with Gasteiger partial charge in [0.2, 0.25) is 11.8 Å². The highest BCUT2D eigenvalue weighted by Gasteiger charge is 2.38. The van der Waals surface area contributed by atoms with Crippen LogP contribution in [0.4, 0.5) is 8.78 Å². The Morgan fingerprint density at radius 1 is 1.14 bits per heavy atom. The number of nitrogens with one attached hydrogen (secondary N) is 2. The molecule has 4 N–H and O–H groups in total. The summed E-state index contributed by atoms with van der Waals surface area (Å²) in [6.45, 7) is 6.40. The Morgan fingerprint density at radius 2 is 1.95 bits per heavy atom. The summed E-state index contributed by atoms with van der Waals surface area (Å²) in [6.07, 6.45) is 8.37. The number of pyridine rings is 1. The molecule has 2 fully saturated rings. The van der Waals surface area contributed by atoms with Gasteiger partial charge in [0.1, 0.15) is 0 Å². The Kier molecular flexibility index (Phi) is 11.5. The van der Waals surface area contributed by atoms with Crippen LogP contribution in [-0.2, 0) is 11.2 Å². The molecule has 0 radical (unpaired) electrons. The zero-order valence-electron chi connectivity index (χ0n) is 25.5. The van der Waals surface area contributed by atoms with Gasteiger partial charge in [0.25, 0.3) is 0 Å². The number of carbonyl (C=O) groups is 1. The maximum absolute atomic E-state index is 13.7. The normalized spacial score (nSPS) is 23.5. The topological polar surface area (TPSA) is 86.5 Å². The van der Waals surface area contributed by atoms with Crippen molar-refractivity contribution in [2.75, 3.05) is 45.8 Å². The van der Waals surface area contributed by atoms with E-state index in [2.05, 4.69) is 44.7 Å². The van der Waals surface area contributed by atoms with Gasteiger partial charge >= 0.3 is 0 Å². The van der Waals surface area contributed by atoms with Crippen molar-refractivity contribution in [1.82, 2.24) is 25.4 Å². The fourth-order valence-electron chi connectivity index (χ4n) is 7.19. The number of amides is 1. The van der Waals surface area contributed by atoms with E-state index in [1.165, 1.54) is 17.7 Å². The Labute approximate surface area is 256 Å². The number of aromatic nitrogens is 1. The maximum atomic E-state index is 13.7. The van der Waals surface area contributed by atoms with Gasteiger partial charge in [-0.25, -0.2) is 8.78 Å². The number of fused-ring (bicyclic) bond motifs is 1. The summed E-state index contributed by atoms with van der Waals surface area (Å²) in [5.74, 6) is -3.05. The zero-order valence-corrected chi connectivity index (χ0v) is 25.5. The molecule has 0 spiro atoms. The van der Waals surface area contributed by atoms with Crippen LogP contribution < -0.4 is 16.4 Å². The number of nitrogens with zero attached hydrogens (tertiary/aromatic N) is 3. The molecule has 1 aliphatic heterocycles. The van der Waals surface area contributed by atoms with E-state index in [1.54, 1.807) is 0 Å². The van der Waals surface area contributed by atoms with E-state index in [0.717, 1.165) is 83.5 Å². The molecular formula is C34H50F2N6O. The van der Waals surface area contributed by atoms with E-state index in [0.29, 0.717) is 12.1 Å². The number of hydrogen-bond acceptors (Lipinski definition) is 6. The summed E-state index contributed by atoms with van der Waals surface area (Å²) in [4.78, 5) is 23.1. The molecule has 236 valence electrons. The van der Waals surface area contributed by atoms with Crippen LogP contribution in [0.5, 0.6) is 0 Å². The van der Waals surface area contributed by atoms with Crippen LogP contribution in [0.1, 0.15) is 86.7 Å². The van der Waals surface area contributed by atoms with Crippen molar-refractivity contribution in [1.29, 1.82) is 0 Å². The number of piperazine rings is 1. The largest absolute Gasteiger partial charge is 0.349 e. The first kappa shape index (κ1) is 31.9. The second-order valence-corrected chi connectivity index (χ2v) is 12.8. The third kappa shape index (κ3) is 9.03. The van der Waals surface area contributed by atoms with Gasteiger partial charge in [-0.3, -0.25) is 14.7 Å². The Balaban J connectivity index is 1.20. The highest BCUT2D eigenvalue weighted by molar-refractivity contribution is 5.79. The molecule has 0 unspecified atom stereocenters. The number of benzene rings is 1. The van der Waals surface area contributed by atoms with Crippen molar-refractivity contribution in [3.63, 3.8) is 0 Å². The van der Waals surface area contributed by atoms with Gasteiger partial charge in [-0.2, -0.15) is 0 Å². The van der Waals surface area contributed by atoms with Crippen LogP contribution in [-0.4, -0.2) is 78.5 Å². The quantitative estimate of drug-likeness (QED) is 0.287. The first-order valence-electron chi connectivity index (χ1n) is 16.5. The van der Waals surface area contributed by atoms with E-state index in [9.17, 15) is 13.6 Å². The number of aryl methyl sites for hydroxylation is 1. The molecule has 9 heteroatoms. The number of hydrogen-bond donors (Lipinski definition) is 3. The van der Waals surface area contributed by atoms with Crippen molar-refractivity contribution in [2.24, 2.45) is 11.7 Å². The van der Waals surface area contributed by atoms with E-state index in [4.69, 9.17) is 10.7 Å². The molecule has 5 rings (SSSR count). The van der Waals surface area contributed by atoms with Gasteiger partial charge in [0, 0.05) is 63.7 Å². The van der Waals surface area contributed by atoms with Crippen molar-refractivity contribution in [2.45, 2.75) is 88.3 Å². The standard InChI is InChI=1S/C34H50F2N6O/c35-34(36)16-13-28(14-17-34)33(43)40-30(26-8-2-1-3-9-26)15-22-41-23-20-38-29(24-41)25-42(21-5-4-18-37)31-12-6-10-27-11-7-19-39-32(27)31/h1-3,7-9,11,19,28-31,38H,4-6,10,12-18,20-25,37H2,(H,40,43)/t29-,30-,31+/m1/s1. The highest BCUT2D eigenvalue weighted by Crippen LogP contribution is 2.37. The molecule has 1 amide bonds. The minimum absolute atomic E-state index is 0.0861. The second kappa shape index (κ2) is 15.5. The SMILES string of the molecule is NCCCCN(C[C@H]1CN(CC[C@@H](NC(=O)C2CCC(F)(F)CC2)c2ccccc2)CCN1)[C@H]1CCCc2cccnc21. The molecule has 1 aromatic carbocycles. The molecule has 2 aliphatic carbocycles. The molecule has 1 saturated carbocycles. The predicted molar refractivity (Wildman–Crippen MR) is 167 cm³/mol. The van der Waals surface area contributed by atoms with Gasteiger partial charge in [0.15, 0.2) is 0 Å². The summed E-state index contributed by atoms with van der Waals surface area (Å²) in [7, 11) is 0. The van der Waals surface area contributed by atoms with Gasteiger partial charge in [-0.1, -0.05) is 36.4 Å². The number of carbonyl (C=O) groups excluding carboxylic acids is 1. The average molecular weight is 597 g/mol. The highest BCUT2D eigenvalue weighted by atomic mass is 19.3. The van der Waals surface area contributed by atoms with Gasteiger partial charge in [-0.05, 0) is 81.6 Å². The lowest BCUT2D eigenvalue weighted by Gasteiger charge is -2.41. The zero-order chi connectivity index (χ0) is 30.1. The summed E-state index contributed by atoms with van der Waals surface area (Å²) >= 11 is 0. The molecule has 7 nitrogen and oxygen atoms in total. The van der Waals surface area contributed by atoms with Crippen LogP contribution in [0.2, 0.25) is 0 Å². The predicted octanol–water partition coefficient (Wildman–Crippen LogP) is 4.85. The van der Waals surface area contributed by atoms with E-state index in [-0.39, 0.29) is 43.6 Å². The van der Waals surface area contributed by atoms with Crippen LogP contribution in [0.25, 0.3) is 0 Å². The number of alkyl halides is 2. The van der Waals surface area contributed by atoms with Crippen LogP contribution in [0.3, 0.4) is 0 Å². The summed E-state index contributed by atoms with van der Waals surface area (Å²) < 4.78 is 27.4. The van der Waals surface area contributed by atoms with Crippen LogP contribution in [0.15, 0.2) is 48.7 Å². The molecule has 43 heavy (non-hydrogen) atoms. The smallest absolute Gasteiger partial charge is 0.248 e. The number of nitrogens with two attached hydrogens (primary N) is 1. The summed E-state index contributed by atoms with van der Waals surface area (Å²) in [5.41, 5.74) is 9.55. The molecule has 2 heterocycles. The molecule has 3 aliphatic rings. The Hall–Kier alpha value is -2.46. The number of halogens is 2. The first-order valence-corrected chi connectivity index (χ1v) is 16.5. The number of rotatable bonds is 13. The fraction of sp³-hybridized carbons (Fsp3) is 0.647. The van der Waals surface area contributed by atoms with Crippen molar-refractivity contribution in [3.05, 3.63) is 65.5 Å². The molecule has 1 aromatic heterocycles. The van der Waals surface area contributed by atoms with Gasteiger partial charge in [-0.15, -0.1) is 0 Å². The lowest BCUT2D eigenvalue weighted by Crippen LogP contribution is -2.55. The lowest BCUT2D eigenvalue weighted by molar-refractivity contribution is -0.130. The first-order chi connectivity index (χ1) is 20.9. The van der Waals surface area contributed by atoms with Crippen molar-refractivity contribution in [3.8, 4) is 0 Å². The molecule has 3 atom stereocenters. The fourth-order valence-corrected chi connectivity index (χ4v) is 7.19. The van der Waals surface area contributed by atoms with Crippen molar-refractivity contribution >= 4 is 5.91 Å². The average Bonchev–Trinajstić information content (AvgIpc) is 3.03. The summed E-state index contributed by atoms with van der Waals surface area (Å²) in [6, 6.07) is 14.9. The van der Waals surface area contributed by atoms with Crippen LogP contribution >= 0.6 is 0 Å². The van der Waals surface area contributed by atoms with Gasteiger partial charge < -0.3 is 21.3 Å². The third-order valence-electron chi connectivity index (χ3n) is 9.64. The van der Waals surface area contributed by atoms with E-state index >= 15 is 0 Å².